The van der Waals surface area contributed by atoms with Crippen LogP contribution in [-0.4, -0.2) is 41.4 Å². The van der Waals surface area contributed by atoms with E-state index >= 15 is 0 Å². The summed E-state index contributed by atoms with van der Waals surface area (Å²) >= 11 is 0. The second-order valence-electron chi connectivity index (χ2n) is 5.58. The van der Waals surface area contributed by atoms with Gasteiger partial charge in [-0.2, -0.15) is 0 Å². The molecule has 3 amide bonds. The highest BCUT2D eigenvalue weighted by atomic mass is 32.2. The third kappa shape index (κ3) is 5.57. The molecular weight excluding hydrogens is 376 g/mol. The standard InChI is InChI=1S/C16H16N4O6S/c1-9-7-10(2)18-13(17-9)14(21)19-16(24)20-27(25,26)8-11-5-3-4-6-12(11)15(22)23/h3-7H,8H2,1-2H3,(H,22,23)(H2,19,20,21,24). The maximum Gasteiger partial charge on any atom is 0.335 e. The van der Waals surface area contributed by atoms with Crippen LogP contribution in [0.15, 0.2) is 30.3 Å². The average Bonchev–Trinajstić information content (AvgIpc) is 2.52. The number of nitrogens with zero attached hydrogens (tertiary/aromatic N) is 2. The van der Waals surface area contributed by atoms with Crippen molar-refractivity contribution in [2.24, 2.45) is 0 Å². The molecule has 1 heterocycles. The Morgan fingerprint density at radius 3 is 2.26 bits per heavy atom. The number of sulfonamides is 1. The predicted octanol–water partition coefficient (Wildman–Crippen LogP) is 0.761. The third-order valence-electron chi connectivity index (χ3n) is 3.25. The summed E-state index contributed by atoms with van der Waals surface area (Å²) in [6.07, 6.45) is 0. The summed E-state index contributed by atoms with van der Waals surface area (Å²) in [4.78, 5) is 42.7. The Labute approximate surface area is 154 Å². The molecule has 27 heavy (non-hydrogen) atoms. The first-order valence-corrected chi connectivity index (χ1v) is 9.22. The highest BCUT2D eigenvalue weighted by molar-refractivity contribution is 7.89. The van der Waals surface area contributed by atoms with E-state index in [2.05, 4.69) is 9.97 Å². The smallest absolute Gasteiger partial charge is 0.335 e. The van der Waals surface area contributed by atoms with Gasteiger partial charge in [-0.1, -0.05) is 18.2 Å². The molecule has 0 atom stereocenters. The Morgan fingerprint density at radius 1 is 1.07 bits per heavy atom. The van der Waals surface area contributed by atoms with Crippen LogP contribution in [-0.2, 0) is 15.8 Å². The van der Waals surface area contributed by atoms with Gasteiger partial charge < -0.3 is 5.11 Å². The fourth-order valence-electron chi connectivity index (χ4n) is 2.25. The lowest BCUT2D eigenvalue weighted by molar-refractivity contribution is 0.0695. The number of imide groups is 1. The van der Waals surface area contributed by atoms with Crippen molar-refractivity contribution in [2.75, 3.05) is 0 Å². The van der Waals surface area contributed by atoms with Crippen molar-refractivity contribution < 1.29 is 27.9 Å². The molecule has 2 rings (SSSR count). The molecule has 3 N–H and O–H groups in total. The number of hydrogen-bond acceptors (Lipinski definition) is 7. The van der Waals surface area contributed by atoms with E-state index in [1.807, 2.05) is 5.32 Å². The van der Waals surface area contributed by atoms with Crippen LogP contribution in [0.2, 0.25) is 0 Å². The molecule has 11 heteroatoms. The van der Waals surface area contributed by atoms with Gasteiger partial charge in [0.05, 0.1) is 11.3 Å². The normalized spacial score (nSPS) is 10.9. The van der Waals surface area contributed by atoms with Gasteiger partial charge in [0, 0.05) is 11.4 Å². The van der Waals surface area contributed by atoms with Gasteiger partial charge in [-0.15, -0.1) is 0 Å². The summed E-state index contributed by atoms with van der Waals surface area (Å²) in [5, 5.41) is 10.9. The number of urea groups is 1. The molecule has 0 spiro atoms. The molecule has 0 unspecified atom stereocenters. The number of carboxylic acids is 1. The third-order valence-corrected chi connectivity index (χ3v) is 4.44. The second kappa shape index (κ2) is 7.91. The molecular formula is C16H16N4O6S. The van der Waals surface area contributed by atoms with Gasteiger partial charge in [0.2, 0.25) is 15.8 Å². The zero-order valence-corrected chi connectivity index (χ0v) is 15.2. The van der Waals surface area contributed by atoms with Gasteiger partial charge in [0.15, 0.2) is 0 Å². The summed E-state index contributed by atoms with van der Waals surface area (Å²) in [6, 6.07) is 5.81. The van der Waals surface area contributed by atoms with Gasteiger partial charge in [0.25, 0.3) is 5.91 Å². The van der Waals surface area contributed by atoms with Crippen molar-refractivity contribution in [1.82, 2.24) is 20.0 Å². The van der Waals surface area contributed by atoms with Crippen LogP contribution in [0.3, 0.4) is 0 Å². The van der Waals surface area contributed by atoms with Crippen molar-refractivity contribution in [3.05, 3.63) is 58.7 Å². The van der Waals surface area contributed by atoms with Gasteiger partial charge >= 0.3 is 12.0 Å². The Bertz CT molecular complexity index is 999. The summed E-state index contributed by atoms with van der Waals surface area (Å²) in [5.41, 5.74) is 0.800. The molecule has 10 nitrogen and oxygen atoms in total. The summed E-state index contributed by atoms with van der Waals surface area (Å²) in [5.74, 6) is -3.30. The first-order chi connectivity index (χ1) is 12.6. The van der Waals surface area contributed by atoms with E-state index in [4.69, 9.17) is 5.11 Å². The fourth-order valence-corrected chi connectivity index (χ4v) is 3.32. The van der Waals surface area contributed by atoms with Crippen molar-refractivity contribution in [3.8, 4) is 0 Å². The number of amides is 3. The molecule has 0 aliphatic carbocycles. The molecule has 0 saturated heterocycles. The fraction of sp³-hybridized carbons (Fsp3) is 0.188. The van der Waals surface area contributed by atoms with Crippen molar-refractivity contribution >= 4 is 27.9 Å². The number of nitrogens with one attached hydrogen (secondary N) is 2. The number of aryl methyl sites for hydroxylation is 2. The molecule has 1 aromatic heterocycles. The molecule has 142 valence electrons. The van der Waals surface area contributed by atoms with Crippen LogP contribution in [0.5, 0.6) is 0 Å². The average molecular weight is 392 g/mol. The van der Waals surface area contributed by atoms with Gasteiger partial charge in [-0.25, -0.2) is 32.7 Å². The van der Waals surface area contributed by atoms with E-state index in [0.29, 0.717) is 11.4 Å². The lowest BCUT2D eigenvalue weighted by atomic mass is 10.1. The lowest BCUT2D eigenvalue weighted by Crippen LogP contribution is -2.43. The maximum atomic E-state index is 12.1. The van der Waals surface area contributed by atoms with Gasteiger partial charge in [-0.05, 0) is 31.5 Å². The first-order valence-electron chi connectivity index (χ1n) is 7.56. The van der Waals surface area contributed by atoms with E-state index in [1.165, 1.54) is 24.3 Å². The van der Waals surface area contributed by atoms with Gasteiger partial charge in [-0.3, -0.25) is 10.1 Å². The van der Waals surface area contributed by atoms with E-state index < -0.39 is 33.7 Å². The van der Waals surface area contributed by atoms with E-state index in [1.54, 1.807) is 24.6 Å². The van der Waals surface area contributed by atoms with Crippen molar-refractivity contribution in [1.29, 1.82) is 0 Å². The Morgan fingerprint density at radius 2 is 1.67 bits per heavy atom. The zero-order valence-electron chi connectivity index (χ0n) is 14.4. The quantitative estimate of drug-likeness (QED) is 0.673. The molecule has 1 aromatic carbocycles. The van der Waals surface area contributed by atoms with Gasteiger partial charge in [0.1, 0.15) is 0 Å². The van der Waals surface area contributed by atoms with E-state index in [-0.39, 0.29) is 17.0 Å². The van der Waals surface area contributed by atoms with E-state index in [9.17, 15) is 22.8 Å². The molecule has 0 fully saturated rings. The largest absolute Gasteiger partial charge is 0.478 e. The number of hydrogen-bond donors (Lipinski definition) is 3. The summed E-state index contributed by atoms with van der Waals surface area (Å²) in [7, 11) is -4.25. The van der Waals surface area contributed by atoms with Crippen LogP contribution in [0, 0.1) is 13.8 Å². The van der Waals surface area contributed by atoms with Crippen molar-refractivity contribution in [2.45, 2.75) is 19.6 Å². The minimum atomic E-state index is -4.25. The highest BCUT2D eigenvalue weighted by Gasteiger charge is 2.21. The molecule has 0 radical (unpaired) electrons. The summed E-state index contributed by atoms with van der Waals surface area (Å²) < 4.78 is 25.9. The molecule has 2 aromatic rings. The van der Waals surface area contributed by atoms with Crippen LogP contribution >= 0.6 is 0 Å². The zero-order chi connectivity index (χ0) is 20.2. The molecule has 0 saturated carbocycles. The number of carboxylic acid groups (broad SMARTS) is 1. The van der Waals surface area contributed by atoms with Crippen molar-refractivity contribution in [3.63, 3.8) is 0 Å². The minimum absolute atomic E-state index is 0.00531. The first kappa shape index (κ1) is 20.0. The van der Waals surface area contributed by atoms with Crippen LogP contribution < -0.4 is 10.0 Å². The second-order valence-corrected chi connectivity index (χ2v) is 7.30. The topological polar surface area (TPSA) is 155 Å². The minimum Gasteiger partial charge on any atom is -0.478 e. The number of rotatable bonds is 5. The number of aromatic carboxylic acids is 1. The molecule has 0 aliphatic heterocycles. The van der Waals surface area contributed by atoms with Crippen LogP contribution in [0.1, 0.15) is 37.9 Å². The number of aromatic nitrogens is 2. The lowest BCUT2D eigenvalue weighted by Gasteiger charge is -2.09. The Balaban J connectivity index is 2.08. The van der Waals surface area contributed by atoms with Crippen LogP contribution in [0.4, 0.5) is 4.79 Å². The number of carbonyl (C=O) groups excluding carboxylic acids is 2. The SMILES string of the molecule is Cc1cc(C)nc(C(=O)NC(=O)NS(=O)(=O)Cc2ccccc2C(=O)O)n1. The summed E-state index contributed by atoms with van der Waals surface area (Å²) in [6.45, 7) is 3.27. The van der Waals surface area contributed by atoms with Crippen LogP contribution in [0.25, 0.3) is 0 Å². The number of benzene rings is 1. The molecule has 0 bridgehead atoms. The molecule has 0 aliphatic rings. The Hall–Kier alpha value is -3.34. The van der Waals surface area contributed by atoms with E-state index in [0.717, 1.165) is 0 Å². The predicted molar refractivity (Wildman–Crippen MR) is 93.5 cm³/mol. The highest BCUT2D eigenvalue weighted by Crippen LogP contribution is 2.12. The Kier molecular flexibility index (Phi) is 5.85. The number of carbonyl (C=O) groups is 3. The monoisotopic (exact) mass is 392 g/mol. The maximum absolute atomic E-state index is 12.1.